The molecular weight excluding hydrogens is 199 g/mol. The summed E-state index contributed by atoms with van der Waals surface area (Å²) in [6.45, 7) is 0. The molecule has 0 aliphatic heterocycles. The van der Waals surface area contributed by atoms with E-state index in [9.17, 15) is 18.0 Å². The van der Waals surface area contributed by atoms with Crippen LogP contribution in [-0.2, 0) is 6.18 Å². The molecule has 0 radical (unpaired) electrons. The Morgan fingerprint density at radius 1 is 1.36 bits per heavy atom. The fraction of sp³-hybridized carbons (Fsp3) is 0.125. The lowest BCUT2D eigenvalue weighted by molar-refractivity contribution is -0.136. The van der Waals surface area contributed by atoms with E-state index in [1.165, 1.54) is 0 Å². The number of hydrogen-bond acceptors (Lipinski definition) is 2. The summed E-state index contributed by atoms with van der Waals surface area (Å²) in [5, 5.41) is 8.51. The van der Waals surface area contributed by atoms with Gasteiger partial charge in [-0.1, -0.05) is 6.07 Å². The Morgan fingerprint density at radius 2 is 1.93 bits per heavy atom. The standard InChI is InChI=1S/C8H6F3NO2/c9-8(10,11)5-3-1-2-4(6(5)12)7(13)14/h1-3H,12H2,(H,13,14). The summed E-state index contributed by atoms with van der Waals surface area (Å²) < 4.78 is 36.7. The molecule has 0 aromatic heterocycles. The van der Waals surface area contributed by atoms with Gasteiger partial charge >= 0.3 is 12.1 Å². The van der Waals surface area contributed by atoms with Crippen molar-refractivity contribution in [2.24, 2.45) is 0 Å². The second-order valence-electron chi connectivity index (χ2n) is 2.57. The number of halogens is 3. The molecule has 0 spiro atoms. The van der Waals surface area contributed by atoms with Crippen molar-refractivity contribution in [3.63, 3.8) is 0 Å². The minimum absolute atomic E-state index is 0.542. The number of rotatable bonds is 1. The predicted octanol–water partition coefficient (Wildman–Crippen LogP) is 1.99. The topological polar surface area (TPSA) is 63.3 Å². The van der Waals surface area contributed by atoms with Crippen molar-refractivity contribution in [1.29, 1.82) is 0 Å². The van der Waals surface area contributed by atoms with E-state index in [4.69, 9.17) is 10.8 Å². The van der Waals surface area contributed by atoms with Gasteiger partial charge in [0.2, 0.25) is 0 Å². The van der Waals surface area contributed by atoms with Gasteiger partial charge in [0.05, 0.1) is 16.8 Å². The zero-order valence-electron chi connectivity index (χ0n) is 6.80. The van der Waals surface area contributed by atoms with Crippen molar-refractivity contribution in [1.82, 2.24) is 0 Å². The number of benzene rings is 1. The zero-order chi connectivity index (χ0) is 10.9. The van der Waals surface area contributed by atoms with E-state index >= 15 is 0 Å². The number of carboxylic acid groups (broad SMARTS) is 1. The van der Waals surface area contributed by atoms with Crippen LogP contribution in [0.3, 0.4) is 0 Å². The molecule has 3 N–H and O–H groups in total. The number of hydrogen-bond donors (Lipinski definition) is 2. The van der Waals surface area contributed by atoms with Crippen molar-refractivity contribution in [3.05, 3.63) is 29.3 Å². The van der Waals surface area contributed by atoms with Crippen molar-refractivity contribution < 1.29 is 23.1 Å². The maximum Gasteiger partial charge on any atom is 0.418 e. The number of aromatic carboxylic acids is 1. The quantitative estimate of drug-likeness (QED) is 0.689. The average Bonchev–Trinajstić information content (AvgIpc) is 2.01. The molecule has 0 amide bonds. The van der Waals surface area contributed by atoms with Gasteiger partial charge in [0, 0.05) is 0 Å². The van der Waals surface area contributed by atoms with Crippen LogP contribution in [0, 0.1) is 0 Å². The molecule has 0 bridgehead atoms. The highest BCUT2D eigenvalue weighted by atomic mass is 19.4. The molecule has 0 saturated heterocycles. The van der Waals surface area contributed by atoms with Crippen molar-refractivity contribution in [2.75, 3.05) is 5.73 Å². The van der Waals surface area contributed by atoms with Crippen LogP contribution in [0.25, 0.3) is 0 Å². The van der Waals surface area contributed by atoms with Crippen LogP contribution >= 0.6 is 0 Å². The molecule has 1 aromatic rings. The number of carbonyl (C=O) groups is 1. The Labute approximate surface area is 77.0 Å². The Balaban J connectivity index is 3.35. The predicted molar refractivity (Wildman–Crippen MR) is 42.8 cm³/mol. The third kappa shape index (κ3) is 1.78. The fourth-order valence-electron chi connectivity index (χ4n) is 0.999. The summed E-state index contributed by atoms with van der Waals surface area (Å²) >= 11 is 0. The molecular formula is C8H6F3NO2. The van der Waals surface area contributed by atoms with Gasteiger partial charge in [-0.15, -0.1) is 0 Å². The van der Waals surface area contributed by atoms with Crippen LogP contribution in [0.4, 0.5) is 18.9 Å². The molecule has 0 heterocycles. The lowest BCUT2D eigenvalue weighted by atomic mass is 10.1. The largest absolute Gasteiger partial charge is 0.478 e. The maximum atomic E-state index is 12.2. The minimum atomic E-state index is -4.63. The number of para-hydroxylation sites is 1. The lowest BCUT2D eigenvalue weighted by Crippen LogP contribution is -2.12. The molecule has 14 heavy (non-hydrogen) atoms. The van der Waals surface area contributed by atoms with E-state index in [2.05, 4.69) is 0 Å². The molecule has 6 heteroatoms. The number of anilines is 1. The Morgan fingerprint density at radius 3 is 2.36 bits per heavy atom. The van der Waals surface area contributed by atoms with Gasteiger partial charge in [-0.2, -0.15) is 13.2 Å². The highest BCUT2D eigenvalue weighted by molar-refractivity contribution is 5.94. The monoisotopic (exact) mass is 205 g/mol. The third-order valence-corrected chi connectivity index (χ3v) is 1.64. The lowest BCUT2D eigenvalue weighted by Gasteiger charge is -2.10. The van der Waals surface area contributed by atoms with Crippen LogP contribution in [0.1, 0.15) is 15.9 Å². The van der Waals surface area contributed by atoms with E-state index < -0.39 is 29.0 Å². The number of alkyl halides is 3. The summed E-state index contributed by atoms with van der Waals surface area (Å²) in [4.78, 5) is 10.5. The number of nitrogen functional groups attached to an aromatic ring is 1. The van der Waals surface area contributed by atoms with E-state index in [-0.39, 0.29) is 0 Å². The van der Waals surface area contributed by atoms with E-state index in [1.807, 2.05) is 0 Å². The van der Waals surface area contributed by atoms with Gasteiger partial charge in [0.1, 0.15) is 0 Å². The normalized spacial score (nSPS) is 11.4. The van der Waals surface area contributed by atoms with Crippen LogP contribution in [0.15, 0.2) is 18.2 Å². The van der Waals surface area contributed by atoms with Crippen molar-refractivity contribution >= 4 is 11.7 Å². The first kappa shape index (κ1) is 10.4. The Kier molecular flexibility index (Phi) is 2.37. The highest BCUT2D eigenvalue weighted by Crippen LogP contribution is 2.34. The molecule has 76 valence electrons. The molecule has 1 aromatic carbocycles. The average molecular weight is 205 g/mol. The summed E-state index contributed by atoms with van der Waals surface area (Å²) in [6, 6.07) is 2.76. The SMILES string of the molecule is Nc1c(C(=O)O)cccc1C(F)(F)F. The Hall–Kier alpha value is -1.72. The second kappa shape index (κ2) is 3.21. The van der Waals surface area contributed by atoms with E-state index in [0.29, 0.717) is 0 Å². The first-order valence-corrected chi connectivity index (χ1v) is 3.53. The summed E-state index contributed by atoms with van der Waals surface area (Å²) in [6.07, 6.45) is -4.63. The fourth-order valence-corrected chi connectivity index (χ4v) is 0.999. The van der Waals surface area contributed by atoms with Crippen LogP contribution in [-0.4, -0.2) is 11.1 Å². The number of nitrogens with two attached hydrogens (primary N) is 1. The molecule has 0 atom stereocenters. The molecule has 3 nitrogen and oxygen atoms in total. The molecule has 1 rings (SSSR count). The summed E-state index contributed by atoms with van der Waals surface area (Å²) in [7, 11) is 0. The van der Waals surface area contributed by atoms with E-state index in [1.54, 1.807) is 0 Å². The van der Waals surface area contributed by atoms with E-state index in [0.717, 1.165) is 18.2 Å². The number of carboxylic acids is 1. The third-order valence-electron chi connectivity index (χ3n) is 1.64. The van der Waals surface area contributed by atoms with Crippen molar-refractivity contribution in [2.45, 2.75) is 6.18 Å². The minimum Gasteiger partial charge on any atom is -0.478 e. The van der Waals surface area contributed by atoms with Crippen LogP contribution < -0.4 is 5.73 Å². The first-order valence-electron chi connectivity index (χ1n) is 3.53. The molecule has 0 aliphatic rings. The van der Waals surface area contributed by atoms with Crippen LogP contribution in [0.5, 0.6) is 0 Å². The summed E-state index contributed by atoms with van der Waals surface area (Å²) in [5.41, 5.74) is 2.64. The van der Waals surface area contributed by atoms with Gasteiger partial charge < -0.3 is 10.8 Å². The highest BCUT2D eigenvalue weighted by Gasteiger charge is 2.34. The zero-order valence-corrected chi connectivity index (χ0v) is 6.80. The first-order chi connectivity index (χ1) is 6.34. The summed E-state index contributed by atoms with van der Waals surface area (Å²) in [5.74, 6) is -1.48. The maximum absolute atomic E-state index is 12.2. The molecule has 0 fully saturated rings. The molecule has 0 aliphatic carbocycles. The molecule has 0 saturated carbocycles. The van der Waals surface area contributed by atoms with Gasteiger partial charge in [-0.05, 0) is 12.1 Å². The molecule has 0 unspecified atom stereocenters. The van der Waals surface area contributed by atoms with Gasteiger partial charge in [-0.3, -0.25) is 0 Å². The van der Waals surface area contributed by atoms with Gasteiger partial charge in [-0.25, -0.2) is 4.79 Å². The van der Waals surface area contributed by atoms with Crippen molar-refractivity contribution in [3.8, 4) is 0 Å². The van der Waals surface area contributed by atoms with Gasteiger partial charge in [0.15, 0.2) is 0 Å². The Bertz CT molecular complexity index is 373. The van der Waals surface area contributed by atoms with Crippen LogP contribution in [0.2, 0.25) is 0 Å². The second-order valence-corrected chi connectivity index (χ2v) is 2.57. The smallest absolute Gasteiger partial charge is 0.418 e. The van der Waals surface area contributed by atoms with Gasteiger partial charge in [0.25, 0.3) is 0 Å².